The van der Waals surface area contributed by atoms with Crippen molar-refractivity contribution >= 4 is 23.7 Å². The van der Waals surface area contributed by atoms with E-state index in [2.05, 4.69) is 20.0 Å². The summed E-state index contributed by atoms with van der Waals surface area (Å²) in [6.07, 6.45) is 0.825. The van der Waals surface area contributed by atoms with Crippen LogP contribution < -0.4 is 9.64 Å². The predicted molar refractivity (Wildman–Crippen MR) is 93.0 cm³/mol. The molecule has 1 fully saturated rings. The molecule has 0 unspecified atom stereocenters. The van der Waals surface area contributed by atoms with Gasteiger partial charge in [0, 0.05) is 38.3 Å². The molecule has 3 rings (SSSR count). The van der Waals surface area contributed by atoms with Gasteiger partial charge < -0.3 is 9.64 Å². The summed E-state index contributed by atoms with van der Waals surface area (Å²) >= 11 is 5.77. The molecule has 6 nitrogen and oxygen atoms in total. The molecule has 7 heteroatoms. The van der Waals surface area contributed by atoms with Crippen molar-refractivity contribution in [3.8, 4) is 5.75 Å². The van der Waals surface area contributed by atoms with Crippen molar-refractivity contribution in [3.63, 3.8) is 0 Å². The third-order valence-corrected chi connectivity index (χ3v) is 4.19. The van der Waals surface area contributed by atoms with Crippen molar-refractivity contribution in [2.75, 3.05) is 44.2 Å². The van der Waals surface area contributed by atoms with E-state index in [0.29, 0.717) is 17.3 Å². The Hall–Kier alpha value is -2.18. The molecule has 1 aliphatic rings. The lowest BCUT2D eigenvalue weighted by Crippen LogP contribution is -2.47. The lowest BCUT2D eigenvalue weighted by atomic mass is 10.2. The Bertz CT molecular complexity index is 673. The number of hydrogen-bond acceptors (Lipinski definition) is 6. The summed E-state index contributed by atoms with van der Waals surface area (Å²) in [5.41, 5.74) is 0.630. The Morgan fingerprint density at radius 2 is 1.96 bits per heavy atom. The van der Waals surface area contributed by atoms with E-state index in [1.165, 1.54) is 0 Å². The van der Waals surface area contributed by atoms with E-state index >= 15 is 0 Å². The van der Waals surface area contributed by atoms with E-state index in [-0.39, 0.29) is 0 Å². The number of nitrogens with zero attached hydrogens (tertiary/aromatic N) is 4. The number of halogens is 1. The summed E-state index contributed by atoms with van der Waals surface area (Å²) in [6, 6.07) is 10.9. The van der Waals surface area contributed by atoms with Crippen LogP contribution in [0.15, 0.2) is 36.4 Å². The number of carbonyl (C=O) groups is 1. The maximum atomic E-state index is 10.8. The lowest BCUT2D eigenvalue weighted by molar-refractivity contribution is 0.112. The van der Waals surface area contributed by atoms with Gasteiger partial charge in [0.15, 0.2) is 11.0 Å². The van der Waals surface area contributed by atoms with Gasteiger partial charge in [-0.1, -0.05) is 23.7 Å². The first-order chi connectivity index (χ1) is 11.7. The monoisotopic (exact) mass is 346 g/mol. The van der Waals surface area contributed by atoms with Crippen molar-refractivity contribution in [2.45, 2.75) is 0 Å². The number of piperazine rings is 1. The van der Waals surface area contributed by atoms with Gasteiger partial charge in [-0.05, 0) is 24.3 Å². The molecular formula is C17H19ClN4O2. The summed E-state index contributed by atoms with van der Waals surface area (Å²) in [5.74, 6) is 1.59. The lowest BCUT2D eigenvalue weighted by Gasteiger charge is -2.35. The topological polar surface area (TPSA) is 58.6 Å². The molecule has 2 heterocycles. The zero-order valence-corrected chi connectivity index (χ0v) is 14.0. The molecule has 126 valence electrons. The smallest absolute Gasteiger partial charge is 0.151 e. The van der Waals surface area contributed by atoms with Crippen LogP contribution in [0.25, 0.3) is 0 Å². The van der Waals surface area contributed by atoms with E-state index in [0.717, 1.165) is 50.6 Å². The normalized spacial score (nSPS) is 15.3. The first kappa shape index (κ1) is 16.7. The van der Waals surface area contributed by atoms with Gasteiger partial charge in [0.2, 0.25) is 0 Å². The van der Waals surface area contributed by atoms with Gasteiger partial charge in [-0.3, -0.25) is 9.69 Å². The van der Waals surface area contributed by atoms with Gasteiger partial charge in [-0.2, -0.15) is 0 Å². The second-order valence-corrected chi connectivity index (χ2v) is 5.97. The van der Waals surface area contributed by atoms with E-state index in [9.17, 15) is 4.79 Å². The molecule has 0 amide bonds. The van der Waals surface area contributed by atoms with Gasteiger partial charge in [-0.25, -0.2) is 0 Å². The van der Waals surface area contributed by atoms with E-state index in [1.54, 1.807) is 18.2 Å². The van der Waals surface area contributed by atoms with Crippen LogP contribution >= 0.6 is 11.6 Å². The van der Waals surface area contributed by atoms with E-state index in [1.807, 2.05) is 18.2 Å². The first-order valence-corrected chi connectivity index (χ1v) is 8.27. The van der Waals surface area contributed by atoms with Crippen LogP contribution in [0.2, 0.25) is 5.15 Å². The molecule has 0 radical (unpaired) electrons. The third-order valence-electron chi connectivity index (χ3n) is 3.98. The Labute approximate surface area is 146 Å². The molecule has 0 N–H and O–H groups in total. The van der Waals surface area contributed by atoms with E-state index < -0.39 is 0 Å². The summed E-state index contributed by atoms with van der Waals surface area (Å²) < 4.78 is 5.72. The molecule has 2 aromatic rings. The first-order valence-electron chi connectivity index (χ1n) is 7.89. The van der Waals surface area contributed by atoms with Gasteiger partial charge >= 0.3 is 0 Å². The minimum atomic E-state index is 0.410. The quantitative estimate of drug-likeness (QED) is 0.747. The van der Waals surface area contributed by atoms with Crippen molar-refractivity contribution in [1.82, 2.24) is 15.1 Å². The average molecular weight is 347 g/mol. The predicted octanol–water partition coefficient (Wildman–Crippen LogP) is 2.14. The molecule has 1 aromatic heterocycles. The standard InChI is InChI=1S/C17H19ClN4O2/c18-16-4-5-17(20-19-16)22-8-6-21(7-9-22)10-11-24-15-3-1-2-14(12-15)13-23/h1-5,12-13H,6-11H2. The molecule has 0 spiro atoms. The van der Waals surface area contributed by atoms with Crippen molar-refractivity contribution in [3.05, 3.63) is 47.1 Å². The molecule has 0 aliphatic carbocycles. The Morgan fingerprint density at radius 3 is 2.67 bits per heavy atom. The fourth-order valence-electron chi connectivity index (χ4n) is 2.65. The van der Waals surface area contributed by atoms with Crippen LogP contribution in [0.3, 0.4) is 0 Å². The highest BCUT2D eigenvalue weighted by molar-refractivity contribution is 6.29. The number of benzene rings is 1. The van der Waals surface area contributed by atoms with Crippen molar-refractivity contribution in [1.29, 1.82) is 0 Å². The van der Waals surface area contributed by atoms with Gasteiger partial charge in [0.1, 0.15) is 18.6 Å². The van der Waals surface area contributed by atoms with Crippen molar-refractivity contribution in [2.24, 2.45) is 0 Å². The fourth-order valence-corrected chi connectivity index (χ4v) is 2.75. The molecule has 0 saturated carbocycles. The zero-order valence-electron chi connectivity index (χ0n) is 13.3. The number of aldehydes is 1. The van der Waals surface area contributed by atoms with Crippen LogP contribution in [-0.4, -0.2) is 60.7 Å². The summed E-state index contributed by atoms with van der Waals surface area (Å²) in [6.45, 7) is 5.15. The number of carbonyl (C=O) groups excluding carboxylic acids is 1. The summed E-state index contributed by atoms with van der Waals surface area (Å²) in [4.78, 5) is 15.3. The highest BCUT2D eigenvalue weighted by Crippen LogP contribution is 2.15. The van der Waals surface area contributed by atoms with Crippen LogP contribution in [0.4, 0.5) is 5.82 Å². The highest BCUT2D eigenvalue weighted by Gasteiger charge is 2.18. The van der Waals surface area contributed by atoms with Crippen molar-refractivity contribution < 1.29 is 9.53 Å². The van der Waals surface area contributed by atoms with Gasteiger partial charge in [-0.15, -0.1) is 10.2 Å². The maximum absolute atomic E-state index is 10.8. The molecule has 1 saturated heterocycles. The minimum Gasteiger partial charge on any atom is -0.492 e. The SMILES string of the molecule is O=Cc1cccc(OCCN2CCN(c3ccc(Cl)nn3)CC2)c1. The van der Waals surface area contributed by atoms with Crippen LogP contribution in [0.5, 0.6) is 5.75 Å². The summed E-state index contributed by atoms with van der Waals surface area (Å²) in [7, 11) is 0. The minimum absolute atomic E-state index is 0.410. The number of ether oxygens (including phenoxy) is 1. The Kier molecular flexibility index (Phi) is 5.61. The van der Waals surface area contributed by atoms with Crippen LogP contribution in [0, 0.1) is 0 Å². The average Bonchev–Trinajstić information content (AvgIpc) is 2.63. The van der Waals surface area contributed by atoms with Gasteiger partial charge in [0.25, 0.3) is 0 Å². The summed E-state index contributed by atoms with van der Waals surface area (Å²) in [5, 5.41) is 8.41. The second-order valence-electron chi connectivity index (χ2n) is 5.58. The van der Waals surface area contributed by atoms with Gasteiger partial charge in [0.05, 0.1) is 0 Å². The number of rotatable bonds is 6. The van der Waals surface area contributed by atoms with Crippen LogP contribution in [0.1, 0.15) is 10.4 Å². The van der Waals surface area contributed by atoms with Crippen LogP contribution in [-0.2, 0) is 0 Å². The third kappa shape index (κ3) is 4.43. The van der Waals surface area contributed by atoms with E-state index in [4.69, 9.17) is 16.3 Å². The zero-order chi connectivity index (χ0) is 16.8. The molecule has 0 bridgehead atoms. The largest absolute Gasteiger partial charge is 0.492 e. The number of aromatic nitrogens is 2. The highest BCUT2D eigenvalue weighted by atomic mass is 35.5. The molecule has 1 aromatic carbocycles. The molecular weight excluding hydrogens is 328 g/mol. The Balaban J connectivity index is 1.42. The number of anilines is 1. The fraction of sp³-hybridized carbons (Fsp3) is 0.353. The molecule has 24 heavy (non-hydrogen) atoms. The molecule has 1 aliphatic heterocycles. The second kappa shape index (κ2) is 8.08. The Morgan fingerprint density at radius 1 is 1.12 bits per heavy atom. The number of hydrogen-bond donors (Lipinski definition) is 0. The molecule has 0 atom stereocenters. The maximum Gasteiger partial charge on any atom is 0.151 e.